The van der Waals surface area contributed by atoms with Gasteiger partial charge in [-0.05, 0) is 24.3 Å². The van der Waals surface area contributed by atoms with Crippen molar-refractivity contribution in [3.8, 4) is 5.75 Å². The molecule has 0 saturated carbocycles. The van der Waals surface area contributed by atoms with Crippen LogP contribution in [0.25, 0.3) is 11.2 Å². The smallest absolute Gasteiger partial charge is 0.338 e. The lowest BCUT2D eigenvalue weighted by Gasteiger charge is -2.26. The second-order valence-corrected chi connectivity index (χ2v) is 7.16. The van der Waals surface area contributed by atoms with E-state index in [9.17, 15) is 14.0 Å². The Kier molecular flexibility index (Phi) is 5.85. The Morgan fingerprint density at radius 2 is 1.97 bits per heavy atom. The molecule has 164 valence electrons. The van der Waals surface area contributed by atoms with E-state index in [1.807, 2.05) is 4.90 Å². The monoisotopic (exact) mass is 430 g/mol. The Morgan fingerprint density at radius 3 is 2.68 bits per heavy atom. The van der Waals surface area contributed by atoms with Crippen LogP contribution in [0.3, 0.4) is 0 Å². The third kappa shape index (κ3) is 4.22. The molecular formula is C20H23FN6O4. The maximum absolute atomic E-state index is 13.0. The number of fused-ring (bicyclic) bond motifs is 1. The number of anilines is 1. The number of aromatic nitrogens is 4. The first-order chi connectivity index (χ1) is 15.0. The minimum Gasteiger partial charge on any atom is -0.492 e. The molecule has 3 aromatic rings. The minimum absolute atomic E-state index is 0.186. The highest BCUT2D eigenvalue weighted by molar-refractivity contribution is 5.87. The summed E-state index contributed by atoms with van der Waals surface area (Å²) >= 11 is 0. The van der Waals surface area contributed by atoms with Crippen molar-refractivity contribution < 1.29 is 18.7 Å². The van der Waals surface area contributed by atoms with Crippen molar-refractivity contribution in [1.82, 2.24) is 24.0 Å². The zero-order valence-electron chi connectivity index (χ0n) is 17.3. The van der Waals surface area contributed by atoms with Crippen LogP contribution in [-0.2, 0) is 11.8 Å². The molecule has 1 aromatic carbocycles. The number of rotatable bonds is 5. The summed E-state index contributed by atoms with van der Waals surface area (Å²) in [5, 5.41) is 0. The van der Waals surface area contributed by atoms with Crippen LogP contribution in [0.5, 0.6) is 5.75 Å². The molecule has 2 aromatic heterocycles. The van der Waals surface area contributed by atoms with Crippen molar-refractivity contribution in [1.29, 1.82) is 0 Å². The zero-order chi connectivity index (χ0) is 22.0. The SMILES string of the molecule is CN(CCOc1ccc(F)cc1)C(=O)n1c(=O)n(C)c2nc(N3CCOCC3)ncc21. The third-order valence-corrected chi connectivity index (χ3v) is 5.09. The molecule has 0 spiro atoms. The number of halogens is 1. The van der Waals surface area contributed by atoms with E-state index in [1.165, 1.54) is 39.9 Å². The number of nitrogens with zero attached hydrogens (tertiary/aromatic N) is 6. The number of morpholine rings is 1. The van der Waals surface area contributed by atoms with Crippen LogP contribution in [0.1, 0.15) is 0 Å². The van der Waals surface area contributed by atoms with Crippen molar-refractivity contribution in [2.75, 3.05) is 51.4 Å². The lowest BCUT2D eigenvalue weighted by molar-refractivity contribution is 0.122. The fourth-order valence-electron chi connectivity index (χ4n) is 3.30. The summed E-state index contributed by atoms with van der Waals surface area (Å²) in [6.45, 7) is 2.91. The average molecular weight is 430 g/mol. The molecule has 0 atom stereocenters. The van der Waals surface area contributed by atoms with Crippen LogP contribution in [0.2, 0.25) is 0 Å². The normalized spacial score (nSPS) is 14.1. The molecule has 3 heterocycles. The number of carbonyl (C=O) groups is 1. The molecule has 1 fully saturated rings. The molecule has 0 N–H and O–H groups in total. The highest BCUT2D eigenvalue weighted by Crippen LogP contribution is 2.16. The number of imidazole rings is 1. The Morgan fingerprint density at radius 1 is 1.26 bits per heavy atom. The molecule has 0 radical (unpaired) electrons. The average Bonchev–Trinajstić information content (AvgIpc) is 3.04. The molecule has 0 aliphatic carbocycles. The molecule has 1 aliphatic heterocycles. The van der Waals surface area contributed by atoms with Gasteiger partial charge in [-0.1, -0.05) is 0 Å². The molecule has 0 bridgehead atoms. The van der Waals surface area contributed by atoms with Crippen molar-refractivity contribution in [3.05, 3.63) is 46.8 Å². The predicted octanol–water partition coefficient (Wildman–Crippen LogP) is 1.08. The number of hydrogen-bond donors (Lipinski definition) is 0. The van der Waals surface area contributed by atoms with E-state index < -0.39 is 11.7 Å². The molecule has 1 aliphatic rings. The van der Waals surface area contributed by atoms with Gasteiger partial charge >= 0.3 is 11.7 Å². The predicted molar refractivity (Wildman–Crippen MR) is 111 cm³/mol. The fourth-order valence-corrected chi connectivity index (χ4v) is 3.30. The van der Waals surface area contributed by atoms with Gasteiger partial charge in [0, 0.05) is 27.2 Å². The lowest BCUT2D eigenvalue weighted by Crippen LogP contribution is -2.39. The lowest BCUT2D eigenvalue weighted by atomic mass is 10.3. The summed E-state index contributed by atoms with van der Waals surface area (Å²) < 4.78 is 26.2. The van der Waals surface area contributed by atoms with Crippen LogP contribution in [0, 0.1) is 5.82 Å². The molecule has 0 unspecified atom stereocenters. The second-order valence-electron chi connectivity index (χ2n) is 7.16. The van der Waals surface area contributed by atoms with Gasteiger partial charge in [0.05, 0.1) is 26.0 Å². The summed E-state index contributed by atoms with van der Waals surface area (Å²) in [5.74, 6) is 0.639. The van der Waals surface area contributed by atoms with E-state index in [0.717, 1.165) is 4.57 Å². The topological polar surface area (TPSA) is 94.7 Å². The number of likely N-dealkylation sites (N-methyl/N-ethyl adjacent to an activating group) is 1. The van der Waals surface area contributed by atoms with E-state index in [4.69, 9.17) is 9.47 Å². The van der Waals surface area contributed by atoms with E-state index in [-0.39, 0.29) is 19.0 Å². The number of amides is 1. The van der Waals surface area contributed by atoms with Crippen LogP contribution in [0.4, 0.5) is 15.1 Å². The first-order valence-electron chi connectivity index (χ1n) is 9.86. The minimum atomic E-state index is -0.513. The third-order valence-electron chi connectivity index (χ3n) is 5.09. The van der Waals surface area contributed by atoms with Gasteiger partial charge in [0.15, 0.2) is 5.65 Å². The second kappa shape index (κ2) is 8.72. The van der Waals surface area contributed by atoms with Crippen LogP contribution < -0.4 is 15.3 Å². The maximum Gasteiger partial charge on any atom is 0.338 e. The van der Waals surface area contributed by atoms with Gasteiger partial charge in [0.1, 0.15) is 23.7 Å². The summed E-state index contributed by atoms with van der Waals surface area (Å²) in [6, 6.07) is 5.10. The van der Waals surface area contributed by atoms with Gasteiger partial charge < -0.3 is 19.3 Å². The van der Waals surface area contributed by atoms with Gasteiger partial charge in [-0.25, -0.2) is 23.5 Å². The molecule has 1 saturated heterocycles. The van der Waals surface area contributed by atoms with Crippen molar-refractivity contribution in [2.45, 2.75) is 0 Å². The number of carbonyl (C=O) groups excluding carboxylic acids is 1. The summed E-state index contributed by atoms with van der Waals surface area (Å²) in [5.41, 5.74) is 0.214. The van der Waals surface area contributed by atoms with Gasteiger partial charge in [0.25, 0.3) is 0 Å². The molecule has 1 amide bonds. The first kappa shape index (κ1) is 20.8. The fraction of sp³-hybridized carbons (Fsp3) is 0.400. The molecule has 11 heteroatoms. The Hall–Kier alpha value is -3.47. The molecular weight excluding hydrogens is 407 g/mol. The van der Waals surface area contributed by atoms with Crippen molar-refractivity contribution in [2.24, 2.45) is 7.05 Å². The van der Waals surface area contributed by atoms with E-state index >= 15 is 0 Å². The van der Waals surface area contributed by atoms with Crippen LogP contribution in [0.15, 0.2) is 35.3 Å². The standard InChI is InChI=1S/C20H23FN6O4/c1-24(7-12-31-15-5-3-14(21)4-6-15)19(28)27-16-13-22-18(26-8-10-30-11-9-26)23-17(16)25(2)20(27)29/h3-6,13H,7-12H2,1-2H3. The highest BCUT2D eigenvalue weighted by atomic mass is 19.1. The summed E-state index contributed by atoms with van der Waals surface area (Å²) in [4.78, 5) is 37.9. The summed E-state index contributed by atoms with van der Waals surface area (Å²) in [6.07, 6.45) is 1.50. The zero-order valence-corrected chi connectivity index (χ0v) is 17.3. The Labute approximate surface area is 177 Å². The molecule has 4 rings (SSSR count). The summed E-state index contributed by atoms with van der Waals surface area (Å²) in [7, 11) is 3.15. The van der Waals surface area contributed by atoms with E-state index in [0.29, 0.717) is 49.2 Å². The quantitative estimate of drug-likeness (QED) is 0.598. The number of aryl methyl sites for hydroxylation is 1. The molecule has 31 heavy (non-hydrogen) atoms. The number of hydrogen-bond acceptors (Lipinski definition) is 7. The van der Waals surface area contributed by atoms with Crippen molar-refractivity contribution in [3.63, 3.8) is 0 Å². The van der Waals surface area contributed by atoms with Gasteiger partial charge in [-0.3, -0.25) is 4.57 Å². The van der Waals surface area contributed by atoms with Crippen molar-refractivity contribution >= 4 is 23.1 Å². The van der Waals surface area contributed by atoms with Gasteiger partial charge in [-0.2, -0.15) is 4.98 Å². The van der Waals surface area contributed by atoms with Crippen LogP contribution in [-0.4, -0.2) is 76.5 Å². The maximum atomic E-state index is 13.0. The Bertz CT molecular complexity index is 1140. The highest BCUT2D eigenvalue weighted by Gasteiger charge is 2.23. The van der Waals surface area contributed by atoms with Crippen LogP contribution >= 0.6 is 0 Å². The number of ether oxygens (including phenoxy) is 2. The Balaban J connectivity index is 1.50. The van der Waals surface area contributed by atoms with E-state index in [1.54, 1.807) is 14.1 Å². The first-order valence-corrected chi connectivity index (χ1v) is 9.86. The van der Waals surface area contributed by atoms with E-state index in [2.05, 4.69) is 9.97 Å². The van der Waals surface area contributed by atoms with Gasteiger partial charge in [-0.15, -0.1) is 0 Å². The number of benzene rings is 1. The largest absolute Gasteiger partial charge is 0.492 e. The van der Waals surface area contributed by atoms with Gasteiger partial charge in [0.2, 0.25) is 5.95 Å². The molecule has 10 nitrogen and oxygen atoms in total.